The molecule has 0 radical (unpaired) electrons. The van der Waals surface area contributed by atoms with Gasteiger partial charge in [-0.3, -0.25) is 0 Å². The van der Waals surface area contributed by atoms with Crippen LogP contribution in [-0.2, 0) is 26.8 Å². The molecule has 9 heteroatoms. The Kier molecular flexibility index (Phi) is 3.29. The van der Waals surface area contributed by atoms with Crippen LogP contribution < -0.4 is 10.3 Å². The van der Waals surface area contributed by atoms with Crippen molar-refractivity contribution in [2.75, 3.05) is 0 Å². The lowest BCUT2D eigenvalue weighted by atomic mass is 10.2. The van der Waals surface area contributed by atoms with Crippen LogP contribution in [0.15, 0.2) is 29.2 Å². The molecule has 2 rings (SSSR count). The first-order valence-electron chi connectivity index (χ1n) is 4.23. The SMILES string of the molecule is O=S(Cl)NN1NCc2ccccc2S1(=O)=O. The number of sulfonamides is 1. The van der Waals surface area contributed by atoms with Crippen LogP contribution in [0.25, 0.3) is 0 Å². The first-order valence-corrected chi connectivity index (χ1v) is 7.64. The summed E-state index contributed by atoms with van der Waals surface area (Å²) in [7, 11) is -0.544. The van der Waals surface area contributed by atoms with E-state index in [1.807, 2.05) is 0 Å². The first kappa shape index (κ1) is 12.0. The number of hydrogen-bond donors (Lipinski definition) is 2. The van der Waals surface area contributed by atoms with Gasteiger partial charge in [0.05, 0.1) is 4.90 Å². The van der Waals surface area contributed by atoms with Crippen LogP contribution in [0.1, 0.15) is 5.56 Å². The Morgan fingerprint density at radius 3 is 2.81 bits per heavy atom. The summed E-state index contributed by atoms with van der Waals surface area (Å²) in [5.41, 5.74) is 3.21. The third-order valence-electron chi connectivity index (χ3n) is 2.06. The normalized spacial score (nSPS) is 21.3. The Labute approximate surface area is 99.7 Å². The van der Waals surface area contributed by atoms with Crippen LogP contribution in [0, 0.1) is 0 Å². The third-order valence-corrected chi connectivity index (χ3v) is 4.36. The van der Waals surface area contributed by atoms with E-state index >= 15 is 0 Å². The standard InChI is InChI=1S/C7H8ClN3O3S2/c8-15(12)10-11-9-5-6-3-1-2-4-7(6)16(11,13)14/h1-4,9-10H,5H2. The molecule has 1 unspecified atom stereocenters. The van der Waals surface area contributed by atoms with Gasteiger partial charge in [0.15, 0.2) is 0 Å². The zero-order valence-corrected chi connectivity index (χ0v) is 10.3. The number of hydrazine groups is 2. The molecule has 0 bridgehead atoms. The van der Waals surface area contributed by atoms with E-state index in [2.05, 4.69) is 10.3 Å². The molecule has 0 aliphatic carbocycles. The summed E-state index contributed by atoms with van der Waals surface area (Å²) >= 11 is 0. The van der Waals surface area contributed by atoms with Crippen molar-refractivity contribution in [3.8, 4) is 0 Å². The van der Waals surface area contributed by atoms with E-state index in [4.69, 9.17) is 10.7 Å². The zero-order valence-electron chi connectivity index (χ0n) is 7.88. The number of halogens is 1. The minimum absolute atomic E-state index is 0.170. The zero-order chi connectivity index (χ0) is 11.8. The molecular weight excluding hydrogens is 274 g/mol. The van der Waals surface area contributed by atoms with E-state index in [0.29, 0.717) is 16.6 Å². The molecule has 1 atom stereocenters. The average molecular weight is 282 g/mol. The molecule has 1 aliphatic rings. The van der Waals surface area contributed by atoms with Crippen LogP contribution in [-0.4, -0.2) is 17.1 Å². The lowest BCUT2D eigenvalue weighted by Gasteiger charge is -2.27. The molecule has 0 fully saturated rings. The first-order chi connectivity index (χ1) is 7.51. The van der Waals surface area contributed by atoms with Crippen molar-refractivity contribution in [1.29, 1.82) is 0 Å². The highest BCUT2D eigenvalue weighted by molar-refractivity contribution is 8.07. The summed E-state index contributed by atoms with van der Waals surface area (Å²) in [6.07, 6.45) is 0. The molecule has 88 valence electrons. The maximum atomic E-state index is 11.9. The molecule has 0 aromatic heterocycles. The molecule has 0 spiro atoms. The van der Waals surface area contributed by atoms with E-state index in [1.165, 1.54) is 6.07 Å². The number of nitrogens with one attached hydrogen (secondary N) is 2. The molecule has 6 nitrogen and oxygen atoms in total. The van der Waals surface area contributed by atoms with E-state index in [1.54, 1.807) is 18.2 Å². The van der Waals surface area contributed by atoms with E-state index in [9.17, 15) is 12.6 Å². The second-order valence-electron chi connectivity index (χ2n) is 3.03. The maximum absolute atomic E-state index is 11.9. The van der Waals surface area contributed by atoms with Gasteiger partial charge in [0.1, 0.15) is 0 Å². The maximum Gasteiger partial charge on any atom is 0.270 e. The summed E-state index contributed by atoms with van der Waals surface area (Å²) < 4.78 is 35.3. The number of fused-ring (bicyclic) bond motifs is 1. The monoisotopic (exact) mass is 281 g/mol. The minimum atomic E-state index is -3.74. The number of rotatable bonds is 2. The molecule has 1 aliphatic heterocycles. The highest BCUT2D eigenvalue weighted by Gasteiger charge is 2.31. The molecule has 1 heterocycles. The van der Waals surface area contributed by atoms with Crippen molar-refractivity contribution in [3.63, 3.8) is 0 Å². The van der Waals surface area contributed by atoms with Crippen LogP contribution in [0.4, 0.5) is 0 Å². The molecule has 0 amide bonds. The van der Waals surface area contributed by atoms with Gasteiger partial charge in [0.25, 0.3) is 10.0 Å². The molecular formula is C7H8ClN3O3S2. The van der Waals surface area contributed by atoms with Crippen molar-refractivity contribution in [2.24, 2.45) is 0 Å². The van der Waals surface area contributed by atoms with Gasteiger partial charge in [-0.25, -0.2) is 18.1 Å². The van der Waals surface area contributed by atoms with Gasteiger partial charge in [-0.15, -0.1) is 4.83 Å². The predicted molar refractivity (Wildman–Crippen MR) is 59.4 cm³/mol. The fourth-order valence-corrected chi connectivity index (χ4v) is 3.66. The van der Waals surface area contributed by atoms with Gasteiger partial charge in [0.2, 0.25) is 10.2 Å². The lowest BCUT2D eigenvalue weighted by molar-refractivity contribution is 0.277. The van der Waals surface area contributed by atoms with Crippen LogP contribution >= 0.6 is 10.7 Å². The highest BCUT2D eigenvalue weighted by atomic mass is 35.7. The smallest absolute Gasteiger partial charge is 0.224 e. The van der Waals surface area contributed by atoms with Crippen molar-refractivity contribution in [2.45, 2.75) is 11.4 Å². The second kappa shape index (κ2) is 4.40. The fraction of sp³-hybridized carbons (Fsp3) is 0.143. The molecule has 1 aromatic carbocycles. The topological polar surface area (TPSA) is 78.5 Å². The van der Waals surface area contributed by atoms with Crippen molar-refractivity contribution in [1.82, 2.24) is 14.8 Å². The fourth-order valence-electron chi connectivity index (χ4n) is 1.39. The van der Waals surface area contributed by atoms with Crippen LogP contribution in [0.3, 0.4) is 0 Å². The average Bonchev–Trinajstić information content (AvgIpc) is 2.22. The number of nitrogens with zero attached hydrogens (tertiary/aromatic N) is 1. The molecule has 2 N–H and O–H groups in total. The Hall–Kier alpha value is -0.510. The van der Waals surface area contributed by atoms with E-state index < -0.39 is 20.2 Å². The summed E-state index contributed by atoms with van der Waals surface area (Å²) in [6.45, 7) is 0.316. The largest absolute Gasteiger partial charge is 0.270 e. The van der Waals surface area contributed by atoms with Crippen LogP contribution in [0.2, 0.25) is 0 Å². The Morgan fingerprint density at radius 2 is 2.12 bits per heavy atom. The minimum Gasteiger partial charge on any atom is -0.224 e. The Balaban J connectivity index is 2.43. The molecule has 16 heavy (non-hydrogen) atoms. The van der Waals surface area contributed by atoms with Gasteiger partial charge in [-0.2, -0.15) is 0 Å². The quantitative estimate of drug-likeness (QED) is 0.749. The highest BCUT2D eigenvalue weighted by Crippen LogP contribution is 2.22. The summed E-state index contributed by atoms with van der Waals surface area (Å²) in [5, 5.41) is 0. The van der Waals surface area contributed by atoms with E-state index in [-0.39, 0.29) is 4.90 Å². The van der Waals surface area contributed by atoms with Gasteiger partial charge in [-0.05, 0) is 11.6 Å². The number of benzene rings is 1. The summed E-state index contributed by atoms with van der Waals surface area (Å²) in [4.78, 5) is 2.25. The predicted octanol–water partition coefficient (Wildman–Crippen LogP) is 0.0176. The summed E-state index contributed by atoms with van der Waals surface area (Å²) in [6, 6.07) is 6.56. The summed E-state index contributed by atoms with van der Waals surface area (Å²) in [5.74, 6) is 0. The van der Waals surface area contributed by atoms with E-state index in [0.717, 1.165) is 0 Å². The van der Waals surface area contributed by atoms with Gasteiger partial charge < -0.3 is 0 Å². The van der Waals surface area contributed by atoms with Crippen molar-refractivity contribution in [3.05, 3.63) is 29.8 Å². The second-order valence-corrected chi connectivity index (χ2v) is 6.25. The molecule has 0 saturated carbocycles. The Bertz CT molecular complexity index is 533. The number of hydrogen-bond acceptors (Lipinski definition) is 4. The van der Waals surface area contributed by atoms with Gasteiger partial charge in [0, 0.05) is 17.2 Å². The molecule has 0 saturated heterocycles. The van der Waals surface area contributed by atoms with Gasteiger partial charge >= 0.3 is 0 Å². The Morgan fingerprint density at radius 1 is 1.44 bits per heavy atom. The van der Waals surface area contributed by atoms with Crippen LogP contribution in [0.5, 0.6) is 0 Å². The third kappa shape index (κ3) is 2.12. The van der Waals surface area contributed by atoms with Crippen molar-refractivity contribution >= 4 is 30.9 Å². The molecule has 1 aromatic rings. The lowest BCUT2D eigenvalue weighted by Crippen LogP contribution is -2.53. The van der Waals surface area contributed by atoms with Crippen molar-refractivity contribution < 1.29 is 12.6 Å². The van der Waals surface area contributed by atoms with Gasteiger partial charge in [-0.1, -0.05) is 22.7 Å².